The molecule has 0 bridgehead atoms. The molecule has 0 amide bonds. The van der Waals surface area contributed by atoms with E-state index < -0.39 is 0 Å². The van der Waals surface area contributed by atoms with Gasteiger partial charge in [0.05, 0.1) is 18.8 Å². The molecule has 0 spiro atoms. The predicted octanol–water partition coefficient (Wildman–Crippen LogP) is 0.550. The SMILES string of the molecule is OCCn1cc(CNCC2(C3CC3)CC2)nn1. The van der Waals surface area contributed by atoms with E-state index in [1.165, 1.54) is 25.7 Å². The predicted molar refractivity (Wildman–Crippen MR) is 63.2 cm³/mol. The van der Waals surface area contributed by atoms with Crippen molar-refractivity contribution in [3.8, 4) is 0 Å². The Balaban J connectivity index is 1.44. The molecule has 0 aromatic carbocycles. The minimum absolute atomic E-state index is 0.112. The smallest absolute Gasteiger partial charge is 0.0964 e. The second-order valence-corrected chi connectivity index (χ2v) is 5.44. The normalized spacial score (nSPS) is 21.7. The molecular weight excluding hydrogens is 216 g/mol. The molecule has 2 N–H and O–H groups in total. The first kappa shape index (κ1) is 11.2. The van der Waals surface area contributed by atoms with Crippen molar-refractivity contribution in [3.63, 3.8) is 0 Å². The lowest BCUT2D eigenvalue weighted by Gasteiger charge is -2.13. The number of hydrogen-bond donors (Lipinski definition) is 2. The first-order valence-corrected chi connectivity index (χ1v) is 6.53. The summed E-state index contributed by atoms with van der Waals surface area (Å²) in [6.45, 7) is 2.56. The second-order valence-electron chi connectivity index (χ2n) is 5.44. The summed E-state index contributed by atoms with van der Waals surface area (Å²) in [4.78, 5) is 0. The Labute approximate surface area is 101 Å². The van der Waals surface area contributed by atoms with Crippen LogP contribution in [0.3, 0.4) is 0 Å². The van der Waals surface area contributed by atoms with Crippen LogP contribution in [0.25, 0.3) is 0 Å². The molecule has 2 saturated carbocycles. The fourth-order valence-corrected chi connectivity index (χ4v) is 2.66. The van der Waals surface area contributed by atoms with Gasteiger partial charge in [-0.3, -0.25) is 0 Å². The molecule has 0 aliphatic heterocycles. The molecular formula is C12H20N4O. The van der Waals surface area contributed by atoms with Crippen LogP contribution in [0.15, 0.2) is 6.20 Å². The van der Waals surface area contributed by atoms with Crippen LogP contribution < -0.4 is 5.32 Å². The highest BCUT2D eigenvalue weighted by Crippen LogP contribution is 2.60. The van der Waals surface area contributed by atoms with Crippen molar-refractivity contribution >= 4 is 0 Å². The Bertz CT molecular complexity index is 382. The van der Waals surface area contributed by atoms with Gasteiger partial charge in [-0.15, -0.1) is 5.10 Å². The Kier molecular flexibility index (Phi) is 2.88. The topological polar surface area (TPSA) is 63.0 Å². The van der Waals surface area contributed by atoms with Gasteiger partial charge in [-0.05, 0) is 37.0 Å². The lowest BCUT2D eigenvalue weighted by Crippen LogP contribution is -2.25. The van der Waals surface area contributed by atoms with Crippen molar-refractivity contribution in [1.29, 1.82) is 0 Å². The number of hydrogen-bond acceptors (Lipinski definition) is 4. The van der Waals surface area contributed by atoms with Gasteiger partial charge < -0.3 is 10.4 Å². The molecule has 3 rings (SSSR count). The van der Waals surface area contributed by atoms with Crippen LogP contribution in [-0.2, 0) is 13.1 Å². The van der Waals surface area contributed by atoms with E-state index in [0.717, 1.165) is 24.7 Å². The molecule has 0 saturated heterocycles. The van der Waals surface area contributed by atoms with Gasteiger partial charge in [0.15, 0.2) is 0 Å². The zero-order valence-electron chi connectivity index (χ0n) is 10.1. The Morgan fingerprint density at radius 1 is 1.47 bits per heavy atom. The number of aliphatic hydroxyl groups excluding tert-OH is 1. The molecule has 5 heteroatoms. The van der Waals surface area contributed by atoms with Crippen molar-refractivity contribution in [3.05, 3.63) is 11.9 Å². The zero-order valence-corrected chi connectivity index (χ0v) is 10.1. The van der Waals surface area contributed by atoms with E-state index in [2.05, 4.69) is 15.6 Å². The van der Waals surface area contributed by atoms with E-state index in [1.807, 2.05) is 6.20 Å². The van der Waals surface area contributed by atoms with Crippen LogP contribution in [0.1, 0.15) is 31.4 Å². The van der Waals surface area contributed by atoms with Gasteiger partial charge in [0.25, 0.3) is 0 Å². The van der Waals surface area contributed by atoms with Gasteiger partial charge in [-0.25, -0.2) is 4.68 Å². The highest BCUT2D eigenvalue weighted by atomic mass is 16.3. The largest absolute Gasteiger partial charge is 0.394 e. The third kappa shape index (κ3) is 2.50. The van der Waals surface area contributed by atoms with Crippen LogP contribution >= 0.6 is 0 Å². The van der Waals surface area contributed by atoms with Crippen molar-refractivity contribution < 1.29 is 5.11 Å². The van der Waals surface area contributed by atoms with Gasteiger partial charge in [0, 0.05) is 19.3 Å². The van der Waals surface area contributed by atoms with Crippen LogP contribution in [0.4, 0.5) is 0 Å². The third-order valence-electron chi connectivity index (χ3n) is 4.03. The van der Waals surface area contributed by atoms with E-state index in [-0.39, 0.29) is 6.61 Å². The fraction of sp³-hybridized carbons (Fsp3) is 0.833. The van der Waals surface area contributed by atoms with Crippen molar-refractivity contribution in [2.24, 2.45) is 11.3 Å². The Morgan fingerprint density at radius 3 is 2.94 bits per heavy atom. The van der Waals surface area contributed by atoms with Crippen molar-refractivity contribution in [1.82, 2.24) is 20.3 Å². The number of nitrogens with one attached hydrogen (secondary N) is 1. The molecule has 17 heavy (non-hydrogen) atoms. The summed E-state index contributed by atoms with van der Waals surface area (Å²) in [5, 5.41) is 20.3. The summed E-state index contributed by atoms with van der Waals surface area (Å²) < 4.78 is 1.69. The summed E-state index contributed by atoms with van der Waals surface area (Å²) in [7, 11) is 0. The lowest BCUT2D eigenvalue weighted by atomic mass is 10.0. The maximum Gasteiger partial charge on any atom is 0.0964 e. The van der Waals surface area contributed by atoms with E-state index in [9.17, 15) is 0 Å². The van der Waals surface area contributed by atoms with Crippen LogP contribution in [0.5, 0.6) is 0 Å². The minimum Gasteiger partial charge on any atom is -0.394 e. The number of aliphatic hydroxyl groups is 1. The molecule has 5 nitrogen and oxygen atoms in total. The van der Waals surface area contributed by atoms with Gasteiger partial charge in [0.1, 0.15) is 0 Å². The molecule has 1 aromatic rings. The van der Waals surface area contributed by atoms with Gasteiger partial charge >= 0.3 is 0 Å². The summed E-state index contributed by atoms with van der Waals surface area (Å²) in [6, 6.07) is 0. The number of nitrogens with zero attached hydrogens (tertiary/aromatic N) is 3. The first-order chi connectivity index (χ1) is 8.32. The monoisotopic (exact) mass is 236 g/mol. The Hall–Kier alpha value is -0.940. The maximum atomic E-state index is 8.78. The third-order valence-corrected chi connectivity index (χ3v) is 4.03. The van der Waals surface area contributed by atoms with Crippen LogP contribution in [0, 0.1) is 11.3 Å². The summed E-state index contributed by atoms with van der Waals surface area (Å²) in [5.41, 5.74) is 1.60. The molecule has 0 atom stereocenters. The summed E-state index contributed by atoms with van der Waals surface area (Å²) in [6.07, 6.45) is 7.59. The van der Waals surface area contributed by atoms with E-state index in [0.29, 0.717) is 12.0 Å². The van der Waals surface area contributed by atoms with E-state index in [4.69, 9.17) is 5.11 Å². The molecule has 2 aliphatic carbocycles. The lowest BCUT2D eigenvalue weighted by molar-refractivity contribution is 0.268. The number of aromatic nitrogens is 3. The first-order valence-electron chi connectivity index (χ1n) is 6.53. The van der Waals surface area contributed by atoms with Gasteiger partial charge in [-0.2, -0.15) is 0 Å². The fourth-order valence-electron chi connectivity index (χ4n) is 2.66. The van der Waals surface area contributed by atoms with Gasteiger partial charge in [-0.1, -0.05) is 5.21 Å². The average Bonchev–Trinajstić information content (AvgIpc) is 3.20. The summed E-state index contributed by atoms with van der Waals surface area (Å²) in [5.74, 6) is 1.00. The minimum atomic E-state index is 0.112. The molecule has 0 unspecified atom stereocenters. The molecule has 94 valence electrons. The standard InChI is InChI=1S/C12H20N4O/c17-6-5-16-8-11(14-15-16)7-13-9-12(3-4-12)10-1-2-10/h8,10,13,17H,1-7,9H2. The second kappa shape index (κ2) is 4.38. The summed E-state index contributed by atoms with van der Waals surface area (Å²) >= 11 is 0. The van der Waals surface area contributed by atoms with Gasteiger partial charge in [0.2, 0.25) is 0 Å². The molecule has 0 radical (unpaired) electrons. The van der Waals surface area contributed by atoms with Crippen molar-refractivity contribution in [2.75, 3.05) is 13.2 Å². The van der Waals surface area contributed by atoms with Crippen molar-refractivity contribution in [2.45, 2.75) is 38.8 Å². The zero-order chi connectivity index (χ0) is 11.7. The number of rotatable bonds is 7. The highest BCUT2D eigenvalue weighted by molar-refractivity contribution is 5.05. The quantitative estimate of drug-likeness (QED) is 0.726. The maximum absolute atomic E-state index is 8.78. The highest BCUT2D eigenvalue weighted by Gasteiger charge is 2.53. The Morgan fingerprint density at radius 2 is 2.29 bits per heavy atom. The average molecular weight is 236 g/mol. The molecule has 2 fully saturated rings. The van der Waals surface area contributed by atoms with E-state index in [1.54, 1.807) is 4.68 Å². The van der Waals surface area contributed by atoms with E-state index >= 15 is 0 Å². The molecule has 2 aliphatic rings. The molecule has 1 aromatic heterocycles. The molecule has 1 heterocycles. The van der Waals surface area contributed by atoms with Crippen LogP contribution in [0.2, 0.25) is 0 Å². The van der Waals surface area contributed by atoms with Crippen LogP contribution in [-0.4, -0.2) is 33.3 Å².